The highest BCUT2D eigenvalue weighted by Crippen LogP contribution is 2.04. The number of nitrogens with zero attached hydrogens (tertiary/aromatic N) is 1. The molecule has 8 N–H and O–H groups in total. The van der Waals surface area contributed by atoms with E-state index in [0.717, 1.165) is 6.42 Å². The standard InChI is InChI=1S/C9H14.C8H17N5O3/c1-4-7-9(6-3)8-5-2;9-6(14)5(13-8(15)16)3-1-2-4-12-7(10)11/h4,6-7H,1,3,5,8H2,2H3;5,13H,1-4H2,(H2,9,14)(H,15,16)(H4,10,11,12)/b9-7+;. The Bertz CT molecular complexity index is 483. The van der Waals surface area contributed by atoms with Gasteiger partial charge in [0.05, 0.1) is 0 Å². The van der Waals surface area contributed by atoms with Crippen LogP contribution in [0.15, 0.2) is 42.0 Å². The molecule has 2 amide bonds. The van der Waals surface area contributed by atoms with Crippen LogP contribution < -0.4 is 22.5 Å². The summed E-state index contributed by atoms with van der Waals surface area (Å²) in [7, 11) is 0. The van der Waals surface area contributed by atoms with Crippen molar-refractivity contribution in [3.63, 3.8) is 0 Å². The molecule has 0 heterocycles. The molecule has 0 aromatic carbocycles. The lowest BCUT2D eigenvalue weighted by atomic mass is 10.1. The zero-order chi connectivity index (χ0) is 19.7. The van der Waals surface area contributed by atoms with Gasteiger partial charge in [0.25, 0.3) is 0 Å². The monoisotopic (exact) mass is 353 g/mol. The quantitative estimate of drug-likeness (QED) is 0.165. The van der Waals surface area contributed by atoms with Gasteiger partial charge in [-0.25, -0.2) is 4.79 Å². The van der Waals surface area contributed by atoms with E-state index in [0.29, 0.717) is 25.8 Å². The van der Waals surface area contributed by atoms with Crippen LogP contribution in [0.2, 0.25) is 0 Å². The third kappa shape index (κ3) is 17.4. The number of rotatable bonds is 11. The first kappa shape index (κ1) is 24.5. The predicted octanol–water partition coefficient (Wildman–Crippen LogP) is 1.64. The van der Waals surface area contributed by atoms with Crippen molar-refractivity contribution in [1.29, 1.82) is 0 Å². The molecule has 0 aromatic heterocycles. The van der Waals surface area contributed by atoms with Crippen molar-refractivity contribution in [1.82, 2.24) is 5.32 Å². The third-order valence-electron chi connectivity index (χ3n) is 2.97. The summed E-state index contributed by atoms with van der Waals surface area (Å²) in [5.41, 5.74) is 16.5. The second kappa shape index (κ2) is 16.1. The third-order valence-corrected chi connectivity index (χ3v) is 2.97. The molecule has 8 nitrogen and oxygen atoms in total. The first-order valence-corrected chi connectivity index (χ1v) is 8.06. The zero-order valence-corrected chi connectivity index (χ0v) is 14.9. The van der Waals surface area contributed by atoms with Crippen LogP contribution in [0.4, 0.5) is 4.79 Å². The molecular weight excluding hydrogens is 322 g/mol. The maximum absolute atomic E-state index is 10.8. The number of carboxylic acid groups (broad SMARTS) is 1. The van der Waals surface area contributed by atoms with Crippen molar-refractivity contribution >= 4 is 18.0 Å². The van der Waals surface area contributed by atoms with Gasteiger partial charge in [-0.2, -0.15) is 0 Å². The van der Waals surface area contributed by atoms with Crippen LogP contribution in [0.25, 0.3) is 0 Å². The second-order valence-electron chi connectivity index (χ2n) is 5.14. The molecule has 0 aliphatic carbocycles. The number of primary amides is 1. The Morgan fingerprint density at radius 1 is 1.24 bits per heavy atom. The minimum absolute atomic E-state index is 0.00936. The van der Waals surface area contributed by atoms with Gasteiger partial charge in [-0.05, 0) is 31.3 Å². The molecule has 25 heavy (non-hydrogen) atoms. The average Bonchev–Trinajstić information content (AvgIpc) is 2.53. The van der Waals surface area contributed by atoms with E-state index < -0.39 is 18.0 Å². The van der Waals surface area contributed by atoms with Gasteiger partial charge in [-0.3, -0.25) is 9.79 Å². The van der Waals surface area contributed by atoms with Crippen molar-refractivity contribution in [2.45, 2.75) is 45.1 Å². The lowest BCUT2D eigenvalue weighted by Gasteiger charge is -2.12. The highest BCUT2D eigenvalue weighted by Gasteiger charge is 2.16. The first-order chi connectivity index (χ1) is 11.8. The van der Waals surface area contributed by atoms with Crippen LogP contribution in [0.5, 0.6) is 0 Å². The number of hydrogen-bond acceptors (Lipinski definition) is 3. The molecule has 0 bridgehead atoms. The second-order valence-corrected chi connectivity index (χ2v) is 5.14. The number of guanidine groups is 1. The molecule has 0 spiro atoms. The molecule has 0 aliphatic rings. The summed E-state index contributed by atoms with van der Waals surface area (Å²) in [6.07, 6.45) is 8.28. The zero-order valence-electron chi connectivity index (χ0n) is 14.9. The Kier molecular flexibility index (Phi) is 15.8. The van der Waals surface area contributed by atoms with Crippen LogP contribution >= 0.6 is 0 Å². The van der Waals surface area contributed by atoms with Crippen LogP contribution in [0.1, 0.15) is 39.0 Å². The summed E-state index contributed by atoms with van der Waals surface area (Å²) >= 11 is 0. The number of hydrogen-bond donors (Lipinski definition) is 5. The summed E-state index contributed by atoms with van der Waals surface area (Å²) in [5, 5.41) is 10.5. The molecule has 0 saturated carbocycles. The normalized spacial score (nSPS) is 11.3. The van der Waals surface area contributed by atoms with Crippen LogP contribution in [-0.2, 0) is 4.79 Å². The van der Waals surface area contributed by atoms with Crippen molar-refractivity contribution in [3.05, 3.63) is 37.0 Å². The highest BCUT2D eigenvalue weighted by molar-refractivity contribution is 5.83. The molecule has 0 aliphatic heterocycles. The van der Waals surface area contributed by atoms with Gasteiger partial charge in [0.15, 0.2) is 5.96 Å². The van der Waals surface area contributed by atoms with Crippen LogP contribution in [0, 0.1) is 0 Å². The molecule has 1 atom stereocenters. The summed E-state index contributed by atoms with van der Waals surface area (Å²) in [4.78, 5) is 24.9. The summed E-state index contributed by atoms with van der Waals surface area (Å²) < 4.78 is 0. The predicted molar refractivity (Wildman–Crippen MR) is 102 cm³/mol. The number of nitrogens with two attached hydrogens (primary N) is 3. The molecule has 0 rings (SSSR count). The maximum Gasteiger partial charge on any atom is 0.405 e. The Hall–Kier alpha value is -2.77. The van der Waals surface area contributed by atoms with E-state index >= 15 is 0 Å². The van der Waals surface area contributed by atoms with E-state index in [1.54, 1.807) is 6.08 Å². The van der Waals surface area contributed by atoms with Crippen molar-refractivity contribution in [2.75, 3.05) is 6.54 Å². The van der Waals surface area contributed by atoms with Crippen molar-refractivity contribution < 1.29 is 14.7 Å². The Balaban J connectivity index is 0. The fourth-order valence-electron chi connectivity index (χ4n) is 1.80. The molecule has 142 valence electrons. The largest absolute Gasteiger partial charge is 0.465 e. The molecule has 0 radical (unpaired) electrons. The lowest BCUT2D eigenvalue weighted by Crippen LogP contribution is -2.43. The minimum Gasteiger partial charge on any atom is -0.465 e. The van der Waals surface area contributed by atoms with E-state index in [9.17, 15) is 9.59 Å². The van der Waals surface area contributed by atoms with E-state index in [4.69, 9.17) is 22.3 Å². The van der Waals surface area contributed by atoms with Gasteiger partial charge >= 0.3 is 6.09 Å². The summed E-state index contributed by atoms with van der Waals surface area (Å²) in [5.74, 6) is -0.681. The molecule has 0 fully saturated rings. The molecule has 0 aromatic rings. The van der Waals surface area contributed by atoms with Gasteiger partial charge in [-0.1, -0.05) is 44.7 Å². The van der Waals surface area contributed by atoms with E-state index in [1.807, 2.05) is 17.5 Å². The number of nitrogens with one attached hydrogen (secondary N) is 1. The Labute approximate surface area is 149 Å². The first-order valence-electron chi connectivity index (χ1n) is 8.06. The smallest absolute Gasteiger partial charge is 0.405 e. The maximum atomic E-state index is 10.8. The van der Waals surface area contributed by atoms with E-state index in [1.165, 1.54) is 12.0 Å². The van der Waals surface area contributed by atoms with Crippen LogP contribution in [-0.4, -0.2) is 35.7 Å². The van der Waals surface area contributed by atoms with Crippen molar-refractivity contribution in [2.24, 2.45) is 22.2 Å². The topological polar surface area (TPSA) is 157 Å². The number of amides is 2. The van der Waals surface area contributed by atoms with E-state index in [-0.39, 0.29) is 5.96 Å². The van der Waals surface area contributed by atoms with Crippen molar-refractivity contribution in [3.8, 4) is 0 Å². The number of aliphatic imine (C=N–C) groups is 1. The number of allylic oxidation sites excluding steroid dienone is 4. The molecule has 0 saturated heterocycles. The van der Waals surface area contributed by atoms with Gasteiger partial charge in [0, 0.05) is 6.54 Å². The summed E-state index contributed by atoms with van der Waals surface area (Å²) in [6, 6.07) is -0.864. The highest BCUT2D eigenvalue weighted by atomic mass is 16.4. The molecule has 1 unspecified atom stereocenters. The minimum atomic E-state index is -1.27. The fraction of sp³-hybridized carbons (Fsp3) is 0.471. The Morgan fingerprint density at radius 2 is 1.88 bits per heavy atom. The molecular formula is C17H31N5O3. The number of unbranched alkanes of at least 4 members (excludes halogenated alkanes) is 1. The number of carbonyl (C=O) groups excluding carboxylic acids is 1. The fourth-order valence-corrected chi connectivity index (χ4v) is 1.80. The lowest BCUT2D eigenvalue weighted by molar-refractivity contribution is -0.120. The summed E-state index contributed by atoms with van der Waals surface area (Å²) in [6.45, 7) is 9.89. The SMILES string of the molecule is C=C/C=C(\C=C)CCC.NC(=O)C(CCCCN=C(N)N)NC(=O)O. The van der Waals surface area contributed by atoms with Gasteiger partial charge in [0.1, 0.15) is 6.04 Å². The van der Waals surface area contributed by atoms with Gasteiger partial charge < -0.3 is 27.6 Å². The van der Waals surface area contributed by atoms with Gasteiger partial charge in [0.2, 0.25) is 5.91 Å². The average molecular weight is 353 g/mol. The van der Waals surface area contributed by atoms with Crippen LogP contribution in [0.3, 0.4) is 0 Å². The Morgan fingerprint density at radius 3 is 2.28 bits per heavy atom. The molecule has 8 heteroatoms. The van der Waals surface area contributed by atoms with Gasteiger partial charge in [-0.15, -0.1) is 0 Å². The van der Waals surface area contributed by atoms with E-state index in [2.05, 4.69) is 25.1 Å². The number of carbonyl (C=O) groups is 2.